The zero-order valence-corrected chi connectivity index (χ0v) is 10.0. The summed E-state index contributed by atoms with van der Waals surface area (Å²) in [6.45, 7) is 2.27. The van der Waals surface area contributed by atoms with E-state index >= 15 is 0 Å². The molecule has 1 aromatic rings. The number of carbonyl (C=O) groups is 1. The molecule has 96 valence electrons. The maximum absolute atomic E-state index is 12.6. The monoisotopic (exact) mass is 262 g/mol. The van der Waals surface area contributed by atoms with Crippen molar-refractivity contribution in [3.63, 3.8) is 0 Å². The Morgan fingerprint density at radius 3 is 2.65 bits per heavy atom. The van der Waals surface area contributed by atoms with Crippen LogP contribution >= 0.6 is 0 Å². The van der Waals surface area contributed by atoms with E-state index < -0.39 is 23.1 Å². The van der Waals surface area contributed by atoms with Gasteiger partial charge >= 0.3 is 5.97 Å². The molecule has 7 heteroatoms. The number of nitrogens with two attached hydrogens (primary N) is 1. The second kappa shape index (κ2) is 8.80. The molecule has 0 fully saturated rings. The summed E-state index contributed by atoms with van der Waals surface area (Å²) in [5, 5.41) is 4.03. The molecule has 0 bridgehead atoms. The van der Waals surface area contributed by atoms with Crippen molar-refractivity contribution in [3.05, 3.63) is 35.6 Å². The van der Waals surface area contributed by atoms with Gasteiger partial charge in [-0.3, -0.25) is 9.35 Å². The first kappa shape index (κ1) is 15.7. The molecule has 0 saturated heterocycles. The summed E-state index contributed by atoms with van der Waals surface area (Å²) in [6, 6.07) is 5.47. The summed E-state index contributed by atoms with van der Waals surface area (Å²) in [7, 11) is 0. The summed E-state index contributed by atoms with van der Waals surface area (Å²) < 4.78 is 35.0. The van der Waals surface area contributed by atoms with Crippen LogP contribution in [-0.2, 0) is 16.0 Å². The average Bonchev–Trinajstić information content (AvgIpc) is 2.25. The van der Waals surface area contributed by atoms with Crippen molar-refractivity contribution in [1.82, 2.24) is 0 Å². The predicted octanol–water partition coefficient (Wildman–Crippen LogP) is 1.13. The van der Waals surface area contributed by atoms with Gasteiger partial charge in [-0.05, 0) is 24.6 Å². The van der Waals surface area contributed by atoms with E-state index in [2.05, 4.69) is 5.14 Å². The molecular weight excluding hydrogens is 249 g/mol. The molecule has 17 heavy (non-hydrogen) atoms. The summed E-state index contributed by atoms with van der Waals surface area (Å²) in [5.74, 6) is -0.896. The van der Waals surface area contributed by atoms with Crippen molar-refractivity contribution in [3.8, 4) is 0 Å². The molecule has 2 N–H and O–H groups in total. The Hall–Kier alpha value is -1.31. The Labute approximate surface area is 101 Å². The normalized spacial score (nSPS) is 11.1. The summed E-state index contributed by atoms with van der Waals surface area (Å²) in [4.78, 5) is 11.2. The number of ether oxygens (including phenoxy) is 1. The highest BCUT2D eigenvalue weighted by Gasteiger charge is 2.06. The fraction of sp³-hybridized carbons (Fsp3) is 0.300. The van der Waals surface area contributed by atoms with Crippen LogP contribution in [-0.4, -0.2) is 21.3 Å². The molecule has 0 saturated carbocycles. The second-order valence-electron chi connectivity index (χ2n) is 2.91. The smallest absolute Gasteiger partial charge is 0.338 e. The second-order valence-corrected chi connectivity index (χ2v) is 3.43. The van der Waals surface area contributed by atoms with E-state index in [0.29, 0.717) is 6.61 Å². The van der Waals surface area contributed by atoms with Crippen LogP contribution < -0.4 is 5.14 Å². The minimum atomic E-state index is -2.36. The highest BCUT2D eigenvalue weighted by molar-refractivity contribution is 7.76. The van der Waals surface area contributed by atoms with Crippen molar-refractivity contribution in [2.24, 2.45) is 5.14 Å². The Bertz CT molecular complexity index is 382. The van der Waals surface area contributed by atoms with E-state index in [-0.39, 0.29) is 5.56 Å². The molecule has 0 aromatic heterocycles. The lowest BCUT2D eigenvalue weighted by Gasteiger charge is -2.02. The van der Waals surface area contributed by atoms with Gasteiger partial charge in [-0.15, -0.1) is 0 Å². The molecular formula is C10H13FNO4S-. The Balaban J connectivity index is 0.000000557. The van der Waals surface area contributed by atoms with Gasteiger partial charge in [0.15, 0.2) is 0 Å². The van der Waals surface area contributed by atoms with E-state index in [9.17, 15) is 9.18 Å². The lowest BCUT2D eigenvalue weighted by Crippen LogP contribution is -2.05. The minimum absolute atomic E-state index is 0.258. The Kier molecular flexibility index (Phi) is 8.12. The molecule has 0 amide bonds. The minimum Gasteiger partial charge on any atom is -0.760 e. The molecule has 0 aliphatic heterocycles. The van der Waals surface area contributed by atoms with Crippen molar-refractivity contribution in [2.75, 3.05) is 6.61 Å². The zero-order valence-electron chi connectivity index (χ0n) is 9.22. The quantitative estimate of drug-likeness (QED) is 0.652. The maximum Gasteiger partial charge on any atom is 0.338 e. The first-order chi connectivity index (χ1) is 7.97. The SMILES string of the molecule is CCCOC(=O)c1cccc(F)c1.NS(=O)[O-]. The van der Waals surface area contributed by atoms with Gasteiger partial charge in [0.2, 0.25) is 0 Å². The van der Waals surface area contributed by atoms with Gasteiger partial charge in [-0.1, -0.05) is 13.0 Å². The standard InChI is InChI=1S/C10H11FO2.H3NO2S/c1-2-6-13-10(12)8-4-3-5-9(11)7-8;1-4(2)3/h3-5,7H,2,6H2,1H3;1H2,(H,2,3)/p-1. The fourth-order valence-corrected chi connectivity index (χ4v) is 0.894. The largest absolute Gasteiger partial charge is 0.760 e. The third kappa shape index (κ3) is 8.49. The van der Waals surface area contributed by atoms with Crippen molar-refractivity contribution < 1.29 is 22.7 Å². The summed E-state index contributed by atoms with van der Waals surface area (Å²) in [5.41, 5.74) is 0.258. The van der Waals surface area contributed by atoms with Crippen molar-refractivity contribution in [1.29, 1.82) is 0 Å². The molecule has 1 atom stereocenters. The summed E-state index contributed by atoms with van der Waals surface area (Å²) in [6.07, 6.45) is 0.765. The first-order valence-corrected chi connectivity index (χ1v) is 5.87. The predicted molar refractivity (Wildman–Crippen MR) is 60.1 cm³/mol. The van der Waals surface area contributed by atoms with Crippen molar-refractivity contribution in [2.45, 2.75) is 13.3 Å². The van der Waals surface area contributed by atoms with Gasteiger partial charge in [-0.25, -0.2) is 9.18 Å². The topological polar surface area (TPSA) is 92.5 Å². The van der Waals surface area contributed by atoms with E-state index in [4.69, 9.17) is 13.5 Å². The Morgan fingerprint density at radius 2 is 2.18 bits per heavy atom. The molecule has 0 radical (unpaired) electrons. The third-order valence-electron chi connectivity index (χ3n) is 1.50. The number of carbonyl (C=O) groups excluding carboxylic acids is 1. The molecule has 0 aliphatic rings. The molecule has 0 spiro atoms. The molecule has 1 rings (SSSR count). The lowest BCUT2D eigenvalue weighted by molar-refractivity contribution is 0.0504. The summed E-state index contributed by atoms with van der Waals surface area (Å²) >= 11 is -2.36. The molecule has 0 aliphatic carbocycles. The number of halogens is 1. The number of hydrogen-bond donors (Lipinski definition) is 1. The average molecular weight is 262 g/mol. The molecule has 0 heterocycles. The third-order valence-corrected chi connectivity index (χ3v) is 1.50. The van der Waals surface area contributed by atoms with Crippen LogP contribution in [0.1, 0.15) is 23.7 Å². The highest BCUT2D eigenvalue weighted by atomic mass is 32.2. The fourth-order valence-electron chi connectivity index (χ4n) is 0.894. The van der Waals surface area contributed by atoms with E-state index in [1.807, 2.05) is 6.92 Å². The molecule has 1 unspecified atom stereocenters. The van der Waals surface area contributed by atoms with Gasteiger partial charge in [-0.2, -0.15) is 0 Å². The van der Waals surface area contributed by atoms with Crippen molar-refractivity contribution >= 4 is 17.2 Å². The van der Waals surface area contributed by atoms with Crippen LogP contribution in [0.25, 0.3) is 0 Å². The number of hydrogen-bond acceptors (Lipinski definition) is 4. The maximum atomic E-state index is 12.6. The van der Waals surface area contributed by atoms with E-state index in [0.717, 1.165) is 12.5 Å². The zero-order chi connectivity index (χ0) is 13.3. The van der Waals surface area contributed by atoms with E-state index in [1.165, 1.54) is 18.2 Å². The number of benzene rings is 1. The van der Waals surface area contributed by atoms with Gasteiger partial charge in [0.05, 0.1) is 12.2 Å². The number of esters is 1. The van der Waals surface area contributed by atoms with Crippen LogP contribution in [0.4, 0.5) is 4.39 Å². The van der Waals surface area contributed by atoms with Crippen LogP contribution in [0.15, 0.2) is 24.3 Å². The van der Waals surface area contributed by atoms with Crippen LogP contribution in [0.2, 0.25) is 0 Å². The van der Waals surface area contributed by atoms with Gasteiger partial charge < -0.3 is 9.29 Å². The molecule has 5 nitrogen and oxygen atoms in total. The lowest BCUT2D eigenvalue weighted by atomic mass is 10.2. The first-order valence-electron chi connectivity index (χ1n) is 4.73. The Morgan fingerprint density at radius 1 is 1.59 bits per heavy atom. The highest BCUT2D eigenvalue weighted by Crippen LogP contribution is 2.05. The van der Waals surface area contributed by atoms with Gasteiger partial charge in [0, 0.05) is 11.3 Å². The van der Waals surface area contributed by atoms with E-state index in [1.54, 1.807) is 0 Å². The number of rotatable bonds is 3. The van der Waals surface area contributed by atoms with Crippen LogP contribution in [0.3, 0.4) is 0 Å². The van der Waals surface area contributed by atoms with Gasteiger partial charge in [0.1, 0.15) is 5.82 Å². The van der Waals surface area contributed by atoms with Crippen LogP contribution in [0.5, 0.6) is 0 Å². The van der Waals surface area contributed by atoms with Gasteiger partial charge in [0.25, 0.3) is 0 Å². The molecule has 1 aromatic carbocycles. The van der Waals surface area contributed by atoms with Crippen LogP contribution in [0, 0.1) is 5.82 Å².